The van der Waals surface area contributed by atoms with Crippen molar-refractivity contribution in [3.8, 4) is 0 Å². The van der Waals surface area contributed by atoms with Crippen molar-refractivity contribution < 1.29 is 14.5 Å². The Hall–Kier alpha value is -3.07. The number of hydrogen-bond donors (Lipinski definition) is 2. The Bertz CT molecular complexity index is 1170. The molecule has 3 rings (SSSR count). The smallest absolute Gasteiger partial charge is 0.269 e. The summed E-state index contributed by atoms with van der Waals surface area (Å²) < 4.78 is 0. The van der Waals surface area contributed by atoms with Crippen LogP contribution >= 0.6 is 35.0 Å². The van der Waals surface area contributed by atoms with Crippen LogP contribution in [0.1, 0.15) is 17.3 Å². The monoisotopic (exact) mass is 489 g/mol. The van der Waals surface area contributed by atoms with Crippen LogP contribution in [0.25, 0.3) is 0 Å². The van der Waals surface area contributed by atoms with Gasteiger partial charge in [0.15, 0.2) is 0 Å². The number of hydrogen-bond acceptors (Lipinski definition) is 5. The molecule has 0 fully saturated rings. The SMILES string of the molecule is CC(Sc1cccc(NC(=O)c2ccc([N+](=O)[O-])cc2)c1)C(=O)Nc1cccc(Cl)c1Cl. The molecule has 0 aliphatic carbocycles. The summed E-state index contributed by atoms with van der Waals surface area (Å²) in [6.45, 7) is 1.75. The quantitative estimate of drug-likeness (QED) is 0.231. The second kappa shape index (κ2) is 10.5. The zero-order valence-corrected chi connectivity index (χ0v) is 19.0. The number of halogens is 2. The molecule has 0 aliphatic heterocycles. The average molecular weight is 490 g/mol. The topological polar surface area (TPSA) is 101 Å². The highest BCUT2D eigenvalue weighted by Gasteiger charge is 2.17. The molecule has 2 N–H and O–H groups in total. The van der Waals surface area contributed by atoms with Crippen LogP contribution in [-0.4, -0.2) is 22.0 Å². The first-order valence-corrected chi connectivity index (χ1v) is 11.0. The van der Waals surface area contributed by atoms with E-state index in [-0.39, 0.29) is 16.6 Å². The zero-order valence-electron chi connectivity index (χ0n) is 16.7. The molecule has 1 unspecified atom stereocenters. The van der Waals surface area contributed by atoms with Gasteiger partial charge in [0, 0.05) is 28.3 Å². The summed E-state index contributed by atoms with van der Waals surface area (Å²) in [5.74, 6) is -0.650. The van der Waals surface area contributed by atoms with Crippen molar-refractivity contribution in [2.45, 2.75) is 17.1 Å². The molecule has 0 spiro atoms. The van der Waals surface area contributed by atoms with Gasteiger partial charge >= 0.3 is 0 Å². The number of rotatable bonds is 7. The van der Waals surface area contributed by atoms with Gasteiger partial charge in [-0.15, -0.1) is 11.8 Å². The second-order valence-corrected chi connectivity index (χ2v) is 8.84. The molecule has 3 aromatic rings. The lowest BCUT2D eigenvalue weighted by Crippen LogP contribution is -2.22. The van der Waals surface area contributed by atoms with E-state index in [0.717, 1.165) is 4.90 Å². The number of nitro benzene ring substituents is 1. The van der Waals surface area contributed by atoms with Gasteiger partial charge in [-0.3, -0.25) is 19.7 Å². The second-order valence-electron chi connectivity index (χ2n) is 6.64. The Morgan fingerprint density at radius 3 is 2.38 bits per heavy atom. The van der Waals surface area contributed by atoms with Gasteiger partial charge in [0.25, 0.3) is 11.6 Å². The molecule has 0 saturated carbocycles. The van der Waals surface area contributed by atoms with Gasteiger partial charge in [0.1, 0.15) is 0 Å². The Morgan fingerprint density at radius 1 is 1.00 bits per heavy atom. The standard InChI is InChI=1S/C22H17Cl2N3O4S/c1-13(21(28)26-19-7-3-6-18(23)20(19)24)32-17-5-2-4-15(12-17)25-22(29)14-8-10-16(11-9-14)27(30)31/h2-13H,1H3,(H,25,29)(H,26,28). The third kappa shape index (κ3) is 6.00. The minimum absolute atomic E-state index is 0.0914. The molecule has 3 aromatic carbocycles. The summed E-state index contributed by atoms with van der Waals surface area (Å²) in [5, 5.41) is 16.4. The first-order valence-electron chi connectivity index (χ1n) is 9.32. The third-order valence-electron chi connectivity index (χ3n) is 4.32. The number of non-ortho nitro benzene ring substituents is 1. The highest BCUT2D eigenvalue weighted by molar-refractivity contribution is 8.00. The van der Waals surface area contributed by atoms with Crippen molar-refractivity contribution in [2.75, 3.05) is 10.6 Å². The molecule has 0 radical (unpaired) electrons. The minimum Gasteiger partial charge on any atom is -0.324 e. The number of thioether (sulfide) groups is 1. The van der Waals surface area contributed by atoms with Gasteiger partial charge in [0.05, 0.1) is 25.9 Å². The molecular weight excluding hydrogens is 473 g/mol. The van der Waals surface area contributed by atoms with Crippen molar-refractivity contribution in [1.29, 1.82) is 0 Å². The van der Waals surface area contributed by atoms with Crippen molar-refractivity contribution in [3.63, 3.8) is 0 Å². The van der Waals surface area contributed by atoms with Gasteiger partial charge in [-0.2, -0.15) is 0 Å². The highest BCUT2D eigenvalue weighted by Crippen LogP contribution is 2.31. The van der Waals surface area contributed by atoms with Crippen LogP contribution < -0.4 is 10.6 Å². The third-order valence-corrected chi connectivity index (χ3v) is 6.24. The highest BCUT2D eigenvalue weighted by atomic mass is 35.5. The zero-order chi connectivity index (χ0) is 23.3. The number of benzene rings is 3. The van der Waals surface area contributed by atoms with Crippen molar-refractivity contribution in [2.24, 2.45) is 0 Å². The van der Waals surface area contributed by atoms with E-state index in [1.807, 2.05) is 6.07 Å². The predicted octanol–water partition coefficient (Wildman–Crippen LogP) is 6.27. The maximum Gasteiger partial charge on any atom is 0.269 e. The van der Waals surface area contributed by atoms with Crippen LogP contribution in [0.15, 0.2) is 71.6 Å². The van der Waals surface area contributed by atoms with Crippen molar-refractivity contribution in [3.05, 3.63) is 92.5 Å². The van der Waals surface area contributed by atoms with Crippen molar-refractivity contribution in [1.82, 2.24) is 0 Å². The molecule has 0 aromatic heterocycles. The molecule has 0 heterocycles. The lowest BCUT2D eigenvalue weighted by molar-refractivity contribution is -0.384. The van der Waals surface area contributed by atoms with E-state index < -0.39 is 16.1 Å². The summed E-state index contributed by atoms with van der Waals surface area (Å²) >= 11 is 13.4. The van der Waals surface area contributed by atoms with E-state index in [1.165, 1.54) is 36.0 Å². The van der Waals surface area contributed by atoms with Crippen LogP contribution in [0.4, 0.5) is 17.1 Å². The van der Waals surface area contributed by atoms with Gasteiger partial charge in [0.2, 0.25) is 5.91 Å². The van der Waals surface area contributed by atoms with E-state index >= 15 is 0 Å². The van der Waals surface area contributed by atoms with E-state index in [2.05, 4.69) is 10.6 Å². The molecule has 0 bridgehead atoms. The van der Waals surface area contributed by atoms with Crippen molar-refractivity contribution >= 4 is 63.8 Å². The van der Waals surface area contributed by atoms with Gasteiger partial charge < -0.3 is 10.6 Å². The predicted molar refractivity (Wildman–Crippen MR) is 128 cm³/mol. The number of nitro groups is 1. The van der Waals surface area contributed by atoms with Crippen LogP contribution in [-0.2, 0) is 4.79 Å². The summed E-state index contributed by atoms with van der Waals surface area (Å²) in [7, 11) is 0. The number of amides is 2. The molecule has 0 aliphatic rings. The molecule has 10 heteroatoms. The van der Waals surface area contributed by atoms with E-state index in [9.17, 15) is 19.7 Å². The van der Waals surface area contributed by atoms with Crippen LogP contribution in [0.3, 0.4) is 0 Å². The number of nitrogens with zero attached hydrogens (tertiary/aromatic N) is 1. The summed E-state index contributed by atoms with van der Waals surface area (Å²) in [4.78, 5) is 36.0. The maximum atomic E-state index is 12.6. The molecular formula is C22H17Cl2N3O4S. The molecule has 2 amide bonds. The number of nitrogens with one attached hydrogen (secondary N) is 2. The number of carbonyl (C=O) groups excluding carboxylic acids is 2. The van der Waals surface area contributed by atoms with Crippen LogP contribution in [0.2, 0.25) is 10.0 Å². The number of anilines is 2. The Balaban J connectivity index is 1.63. The molecule has 164 valence electrons. The Kier molecular flexibility index (Phi) is 7.74. The summed E-state index contributed by atoms with van der Waals surface area (Å²) in [6, 6.07) is 17.3. The fourth-order valence-electron chi connectivity index (χ4n) is 2.68. The van der Waals surface area contributed by atoms with Gasteiger partial charge in [-0.05, 0) is 49.4 Å². The summed E-state index contributed by atoms with van der Waals surface area (Å²) in [5.41, 5.74) is 1.16. The van der Waals surface area contributed by atoms with Crippen LogP contribution in [0.5, 0.6) is 0 Å². The lowest BCUT2D eigenvalue weighted by Gasteiger charge is -2.14. The fraction of sp³-hybridized carbons (Fsp3) is 0.0909. The molecule has 0 saturated heterocycles. The first kappa shape index (κ1) is 23.6. The van der Waals surface area contributed by atoms with E-state index in [0.29, 0.717) is 22.0 Å². The lowest BCUT2D eigenvalue weighted by atomic mass is 10.2. The Labute approximate surface area is 198 Å². The number of carbonyl (C=O) groups is 2. The largest absolute Gasteiger partial charge is 0.324 e. The van der Waals surface area contributed by atoms with Gasteiger partial charge in [-0.1, -0.05) is 35.3 Å². The minimum atomic E-state index is -0.528. The van der Waals surface area contributed by atoms with E-state index in [1.54, 1.807) is 43.3 Å². The molecule has 7 nitrogen and oxygen atoms in total. The van der Waals surface area contributed by atoms with E-state index in [4.69, 9.17) is 23.2 Å². The average Bonchev–Trinajstić information content (AvgIpc) is 2.77. The fourth-order valence-corrected chi connectivity index (χ4v) is 3.95. The summed E-state index contributed by atoms with van der Waals surface area (Å²) in [6.07, 6.45) is 0. The van der Waals surface area contributed by atoms with Gasteiger partial charge in [-0.25, -0.2) is 0 Å². The maximum absolute atomic E-state index is 12.6. The molecule has 1 atom stereocenters. The first-order chi connectivity index (χ1) is 15.2. The Morgan fingerprint density at radius 2 is 1.69 bits per heavy atom. The van der Waals surface area contributed by atoms with Crippen LogP contribution in [0, 0.1) is 10.1 Å². The molecule has 32 heavy (non-hydrogen) atoms. The normalized spacial score (nSPS) is 11.5.